The van der Waals surface area contributed by atoms with E-state index in [1.807, 2.05) is 13.0 Å². The molecule has 0 bridgehead atoms. The van der Waals surface area contributed by atoms with E-state index in [2.05, 4.69) is 36.1 Å². The molecule has 4 nitrogen and oxygen atoms in total. The first-order valence-electron chi connectivity index (χ1n) is 6.35. The van der Waals surface area contributed by atoms with Crippen LogP contribution in [0.1, 0.15) is 30.3 Å². The standard InChI is InChI=1S/C14H21N3O/c1-10-16-12-9-11(6-7-14(12)18-10)13(17(2)3)5-4-8-15/h6-7,9,13H,4-5,8,15H2,1-3H3. The Bertz CT molecular complexity index is 519. The Kier molecular flexibility index (Phi) is 3.99. The molecule has 1 heterocycles. The molecule has 0 aliphatic rings. The Morgan fingerprint density at radius 3 is 2.83 bits per heavy atom. The van der Waals surface area contributed by atoms with Gasteiger partial charge in [-0.05, 0) is 51.2 Å². The van der Waals surface area contributed by atoms with Crippen molar-refractivity contribution in [2.45, 2.75) is 25.8 Å². The van der Waals surface area contributed by atoms with Crippen LogP contribution in [0.5, 0.6) is 0 Å². The minimum atomic E-state index is 0.384. The SMILES string of the molecule is Cc1nc2cc(C(CCCN)N(C)C)ccc2o1. The molecule has 0 fully saturated rings. The number of aryl methyl sites for hydroxylation is 1. The minimum absolute atomic E-state index is 0.384. The fourth-order valence-corrected chi connectivity index (χ4v) is 2.30. The van der Waals surface area contributed by atoms with Gasteiger partial charge in [-0.25, -0.2) is 4.98 Å². The van der Waals surface area contributed by atoms with E-state index in [0.29, 0.717) is 11.9 Å². The highest BCUT2D eigenvalue weighted by molar-refractivity contribution is 5.73. The Hall–Kier alpha value is -1.39. The molecule has 0 saturated carbocycles. The zero-order valence-corrected chi connectivity index (χ0v) is 11.3. The summed E-state index contributed by atoms with van der Waals surface area (Å²) in [5.74, 6) is 0.713. The second kappa shape index (κ2) is 5.50. The van der Waals surface area contributed by atoms with E-state index in [9.17, 15) is 0 Å². The van der Waals surface area contributed by atoms with Gasteiger partial charge in [0.15, 0.2) is 11.5 Å². The van der Waals surface area contributed by atoms with Crippen molar-refractivity contribution in [1.29, 1.82) is 0 Å². The molecule has 0 saturated heterocycles. The molecule has 1 atom stereocenters. The summed E-state index contributed by atoms with van der Waals surface area (Å²) in [6.07, 6.45) is 2.09. The molecule has 1 aromatic carbocycles. The Labute approximate surface area is 108 Å². The number of rotatable bonds is 5. The number of fused-ring (bicyclic) bond motifs is 1. The maximum atomic E-state index is 5.60. The zero-order valence-electron chi connectivity index (χ0n) is 11.3. The van der Waals surface area contributed by atoms with E-state index >= 15 is 0 Å². The predicted molar refractivity (Wildman–Crippen MR) is 73.5 cm³/mol. The van der Waals surface area contributed by atoms with Crippen LogP contribution in [0.15, 0.2) is 22.6 Å². The topological polar surface area (TPSA) is 55.3 Å². The summed E-state index contributed by atoms with van der Waals surface area (Å²) in [4.78, 5) is 6.61. The number of hydrogen-bond acceptors (Lipinski definition) is 4. The molecule has 0 radical (unpaired) electrons. The van der Waals surface area contributed by atoms with Crippen LogP contribution in [-0.2, 0) is 0 Å². The van der Waals surface area contributed by atoms with Gasteiger partial charge in [-0.1, -0.05) is 6.07 Å². The van der Waals surface area contributed by atoms with Crippen LogP contribution in [0.2, 0.25) is 0 Å². The lowest BCUT2D eigenvalue weighted by Gasteiger charge is -2.24. The molecule has 2 aromatic rings. The summed E-state index contributed by atoms with van der Waals surface area (Å²) in [6, 6.07) is 6.63. The molecule has 98 valence electrons. The summed E-state index contributed by atoms with van der Waals surface area (Å²) in [6.45, 7) is 2.60. The molecular formula is C14H21N3O. The fourth-order valence-electron chi connectivity index (χ4n) is 2.30. The number of oxazole rings is 1. The third-order valence-electron chi connectivity index (χ3n) is 3.21. The van der Waals surface area contributed by atoms with Gasteiger partial charge in [0, 0.05) is 13.0 Å². The molecule has 2 rings (SSSR count). The van der Waals surface area contributed by atoms with Gasteiger partial charge >= 0.3 is 0 Å². The lowest BCUT2D eigenvalue weighted by Crippen LogP contribution is -2.20. The first kappa shape index (κ1) is 13.1. The van der Waals surface area contributed by atoms with Crippen LogP contribution >= 0.6 is 0 Å². The van der Waals surface area contributed by atoms with E-state index in [4.69, 9.17) is 10.2 Å². The van der Waals surface area contributed by atoms with Crippen molar-refractivity contribution in [3.63, 3.8) is 0 Å². The number of benzene rings is 1. The van der Waals surface area contributed by atoms with Crippen LogP contribution in [0.25, 0.3) is 11.1 Å². The van der Waals surface area contributed by atoms with Gasteiger partial charge in [0.1, 0.15) is 5.52 Å². The largest absolute Gasteiger partial charge is 0.441 e. The van der Waals surface area contributed by atoms with Crippen LogP contribution in [0.3, 0.4) is 0 Å². The van der Waals surface area contributed by atoms with Gasteiger partial charge in [0.2, 0.25) is 0 Å². The van der Waals surface area contributed by atoms with Crippen molar-refractivity contribution in [2.24, 2.45) is 5.73 Å². The third kappa shape index (κ3) is 2.71. The molecule has 0 aliphatic carbocycles. The molecular weight excluding hydrogens is 226 g/mol. The second-order valence-electron chi connectivity index (χ2n) is 4.87. The highest BCUT2D eigenvalue weighted by atomic mass is 16.3. The monoisotopic (exact) mass is 247 g/mol. The number of aromatic nitrogens is 1. The molecule has 4 heteroatoms. The van der Waals surface area contributed by atoms with Gasteiger partial charge in [-0.3, -0.25) is 0 Å². The lowest BCUT2D eigenvalue weighted by atomic mass is 10.0. The predicted octanol–water partition coefficient (Wildman–Crippen LogP) is 2.48. The first-order chi connectivity index (χ1) is 8.61. The number of nitrogens with zero attached hydrogens (tertiary/aromatic N) is 2. The van der Waals surface area contributed by atoms with Gasteiger partial charge < -0.3 is 15.1 Å². The van der Waals surface area contributed by atoms with Crippen molar-refractivity contribution in [3.05, 3.63) is 29.7 Å². The minimum Gasteiger partial charge on any atom is -0.441 e. The maximum Gasteiger partial charge on any atom is 0.192 e. The number of nitrogens with two attached hydrogens (primary N) is 1. The number of hydrogen-bond donors (Lipinski definition) is 1. The average Bonchev–Trinajstić information content (AvgIpc) is 2.68. The highest BCUT2D eigenvalue weighted by Gasteiger charge is 2.15. The molecule has 0 spiro atoms. The van der Waals surface area contributed by atoms with Gasteiger partial charge in [0.25, 0.3) is 0 Å². The molecule has 0 amide bonds. The van der Waals surface area contributed by atoms with Crippen LogP contribution in [0.4, 0.5) is 0 Å². The van der Waals surface area contributed by atoms with E-state index in [0.717, 1.165) is 30.5 Å². The Morgan fingerprint density at radius 1 is 1.39 bits per heavy atom. The van der Waals surface area contributed by atoms with E-state index in [1.54, 1.807) is 0 Å². The lowest BCUT2D eigenvalue weighted by molar-refractivity contribution is 0.280. The van der Waals surface area contributed by atoms with E-state index in [-0.39, 0.29) is 0 Å². The Balaban J connectivity index is 2.31. The first-order valence-corrected chi connectivity index (χ1v) is 6.35. The van der Waals surface area contributed by atoms with Crippen LogP contribution in [0, 0.1) is 6.92 Å². The summed E-state index contributed by atoms with van der Waals surface area (Å²) >= 11 is 0. The van der Waals surface area contributed by atoms with Gasteiger partial charge in [-0.2, -0.15) is 0 Å². The highest BCUT2D eigenvalue weighted by Crippen LogP contribution is 2.26. The molecule has 0 aliphatic heterocycles. The van der Waals surface area contributed by atoms with E-state index in [1.165, 1.54) is 5.56 Å². The smallest absolute Gasteiger partial charge is 0.192 e. The Morgan fingerprint density at radius 2 is 2.17 bits per heavy atom. The normalized spacial score (nSPS) is 13.4. The summed E-state index contributed by atoms with van der Waals surface area (Å²) in [7, 11) is 4.19. The quantitative estimate of drug-likeness (QED) is 0.882. The summed E-state index contributed by atoms with van der Waals surface area (Å²) < 4.78 is 5.50. The summed E-state index contributed by atoms with van der Waals surface area (Å²) in [5.41, 5.74) is 8.66. The zero-order chi connectivity index (χ0) is 13.1. The van der Waals surface area contributed by atoms with Crippen molar-refractivity contribution < 1.29 is 4.42 Å². The molecule has 18 heavy (non-hydrogen) atoms. The fraction of sp³-hybridized carbons (Fsp3) is 0.500. The third-order valence-corrected chi connectivity index (χ3v) is 3.21. The van der Waals surface area contributed by atoms with E-state index < -0.39 is 0 Å². The molecule has 1 aromatic heterocycles. The second-order valence-corrected chi connectivity index (χ2v) is 4.87. The average molecular weight is 247 g/mol. The van der Waals surface area contributed by atoms with Crippen molar-refractivity contribution in [3.8, 4) is 0 Å². The van der Waals surface area contributed by atoms with Crippen LogP contribution < -0.4 is 5.73 Å². The van der Waals surface area contributed by atoms with Crippen molar-refractivity contribution >= 4 is 11.1 Å². The van der Waals surface area contributed by atoms with Crippen molar-refractivity contribution in [1.82, 2.24) is 9.88 Å². The van der Waals surface area contributed by atoms with Crippen LogP contribution in [-0.4, -0.2) is 30.5 Å². The molecule has 1 unspecified atom stereocenters. The van der Waals surface area contributed by atoms with Gasteiger partial charge in [-0.15, -0.1) is 0 Å². The van der Waals surface area contributed by atoms with Crippen molar-refractivity contribution in [2.75, 3.05) is 20.6 Å². The van der Waals surface area contributed by atoms with Gasteiger partial charge in [0.05, 0.1) is 0 Å². The maximum absolute atomic E-state index is 5.60. The molecule has 2 N–H and O–H groups in total. The summed E-state index contributed by atoms with van der Waals surface area (Å²) in [5, 5.41) is 0.